The Balaban J connectivity index is 1.53. The molecule has 2 N–H and O–H groups in total. The van der Waals surface area contributed by atoms with E-state index in [4.69, 9.17) is 4.98 Å². The molecule has 6 heteroatoms. The molecule has 1 aliphatic carbocycles. The maximum atomic E-state index is 14.0. The van der Waals surface area contributed by atoms with Gasteiger partial charge >= 0.3 is 0 Å². The molecule has 5 nitrogen and oxygen atoms in total. The van der Waals surface area contributed by atoms with Crippen molar-refractivity contribution in [3.63, 3.8) is 0 Å². The second-order valence-corrected chi connectivity index (χ2v) is 8.72. The Labute approximate surface area is 189 Å². The molecule has 1 saturated carbocycles. The Hall–Kier alpha value is -2.99. The first-order chi connectivity index (χ1) is 15.8. The molecule has 0 amide bonds. The normalized spacial score (nSPS) is 17.3. The summed E-state index contributed by atoms with van der Waals surface area (Å²) in [5.74, 6) is 1.60. The highest BCUT2D eigenvalue weighted by Gasteiger charge is 2.18. The van der Waals surface area contributed by atoms with E-state index in [9.17, 15) is 4.39 Å². The van der Waals surface area contributed by atoms with Crippen LogP contribution in [-0.2, 0) is 0 Å². The maximum Gasteiger partial charge on any atom is 0.129 e. The molecule has 5 rings (SSSR count). The maximum absolute atomic E-state index is 14.0. The summed E-state index contributed by atoms with van der Waals surface area (Å²) in [6.45, 7) is 3.76. The molecular formula is C26H30FN5. The van der Waals surface area contributed by atoms with Crippen molar-refractivity contribution < 1.29 is 4.39 Å². The number of aromatic nitrogens is 2. The monoisotopic (exact) mass is 431 g/mol. The van der Waals surface area contributed by atoms with Crippen LogP contribution in [0.15, 0.2) is 54.7 Å². The smallest absolute Gasteiger partial charge is 0.129 e. The van der Waals surface area contributed by atoms with E-state index < -0.39 is 0 Å². The third kappa shape index (κ3) is 4.75. The molecule has 3 heterocycles. The van der Waals surface area contributed by atoms with E-state index in [1.807, 2.05) is 18.3 Å². The molecule has 2 aromatic heterocycles. The average Bonchev–Trinajstić information content (AvgIpc) is 2.85. The van der Waals surface area contributed by atoms with Gasteiger partial charge in [-0.2, -0.15) is 0 Å². The van der Waals surface area contributed by atoms with Crippen LogP contribution in [0.1, 0.15) is 32.1 Å². The minimum Gasteiger partial charge on any atom is -0.367 e. The van der Waals surface area contributed by atoms with Gasteiger partial charge in [0.2, 0.25) is 0 Å². The van der Waals surface area contributed by atoms with E-state index in [0.717, 1.165) is 60.2 Å². The van der Waals surface area contributed by atoms with Crippen LogP contribution in [0.3, 0.4) is 0 Å². The summed E-state index contributed by atoms with van der Waals surface area (Å²) in [7, 11) is 0. The molecule has 0 unspecified atom stereocenters. The zero-order chi connectivity index (χ0) is 21.8. The fourth-order valence-corrected chi connectivity index (χ4v) is 4.74. The summed E-state index contributed by atoms with van der Waals surface area (Å²) in [6.07, 6.45) is 8.10. The molecule has 0 spiro atoms. The van der Waals surface area contributed by atoms with Gasteiger partial charge in [-0.3, -0.25) is 0 Å². The zero-order valence-electron chi connectivity index (χ0n) is 18.4. The van der Waals surface area contributed by atoms with Crippen LogP contribution in [0.25, 0.3) is 22.4 Å². The summed E-state index contributed by atoms with van der Waals surface area (Å²) in [6, 6.07) is 15.4. The first-order valence-electron chi connectivity index (χ1n) is 11.7. The standard InChI is InChI=1S/C26H30FN5/c27-21-6-4-5-19(17-21)23-9-10-25(32-15-13-28-14-16-32)31-26(23)20-11-12-29-24(18-20)30-22-7-2-1-3-8-22/h4-6,9-12,17-18,22,28H,1-3,7-8,13-16H2,(H,29,30). The van der Waals surface area contributed by atoms with Crippen molar-refractivity contribution in [3.8, 4) is 22.4 Å². The number of anilines is 2. The summed E-state index contributed by atoms with van der Waals surface area (Å²) in [5, 5.41) is 7.01. The molecule has 0 bridgehead atoms. The minimum atomic E-state index is -0.242. The van der Waals surface area contributed by atoms with E-state index >= 15 is 0 Å². The predicted octanol–water partition coefficient (Wildman–Crippen LogP) is 5.10. The Kier molecular flexibility index (Phi) is 6.30. The molecular weight excluding hydrogens is 401 g/mol. The SMILES string of the molecule is Fc1cccc(-c2ccc(N3CCNCC3)nc2-c2ccnc(NC3CCCCC3)c2)c1. The van der Waals surface area contributed by atoms with Crippen molar-refractivity contribution in [1.82, 2.24) is 15.3 Å². The van der Waals surface area contributed by atoms with E-state index in [0.29, 0.717) is 6.04 Å². The summed E-state index contributed by atoms with van der Waals surface area (Å²) < 4.78 is 14.0. The largest absolute Gasteiger partial charge is 0.367 e. The Morgan fingerprint density at radius 2 is 1.78 bits per heavy atom. The van der Waals surface area contributed by atoms with E-state index in [1.165, 1.54) is 38.2 Å². The van der Waals surface area contributed by atoms with Gasteiger partial charge < -0.3 is 15.5 Å². The van der Waals surface area contributed by atoms with Gasteiger partial charge in [-0.05, 0) is 54.8 Å². The first kappa shape index (κ1) is 20.9. The highest BCUT2D eigenvalue weighted by atomic mass is 19.1. The number of piperazine rings is 1. The quantitative estimate of drug-likeness (QED) is 0.588. The molecule has 2 aliphatic rings. The first-order valence-corrected chi connectivity index (χ1v) is 11.7. The third-order valence-electron chi connectivity index (χ3n) is 6.45. The van der Waals surface area contributed by atoms with Crippen LogP contribution in [0.2, 0.25) is 0 Å². The van der Waals surface area contributed by atoms with Gasteiger partial charge in [0.15, 0.2) is 0 Å². The van der Waals surface area contributed by atoms with Crippen LogP contribution in [0, 0.1) is 5.82 Å². The van der Waals surface area contributed by atoms with Gasteiger partial charge in [0.25, 0.3) is 0 Å². The summed E-state index contributed by atoms with van der Waals surface area (Å²) >= 11 is 0. The fraction of sp³-hybridized carbons (Fsp3) is 0.385. The molecule has 1 saturated heterocycles. The van der Waals surface area contributed by atoms with Crippen molar-refractivity contribution in [2.24, 2.45) is 0 Å². The number of hydrogen-bond donors (Lipinski definition) is 2. The van der Waals surface area contributed by atoms with E-state index in [-0.39, 0.29) is 5.82 Å². The highest BCUT2D eigenvalue weighted by molar-refractivity contribution is 5.82. The van der Waals surface area contributed by atoms with Crippen LogP contribution in [-0.4, -0.2) is 42.2 Å². The van der Waals surface area contributed by atoms with E-state index in [1.54, 1.807) is 12.1 Å². The zero-order valence-corrected chi connectivity index (χ0v) is 18.4. The van der Waals surface area contributed by atoms with Gasteiger partial charge in [-0.25, -0.2) is 14.4 Å². The molecule has 166 valence electrons. The van der Waals surface area contributed by atoms with Gasteiger partial charge in [0.1, 0.15) is 17.5 Å². The Bertz CT molecular complexity index is 1060. The lowest BCUT2D eigenvalue weighted by Crippen LogP contribution is -2.43. The molecule has 0 atom stereocenters. The minimum absolute atomic E-state index is 0.242. The van der Waals surface area contributed by atoms with Crippen molar-refractivity contribution in [2.75, 3.05) is 36.4 Å². The second-order valence-electron chi connectivity index (χ2n) is 8.72. The topological polar surface area (TPSA) is 53.1 Å². The van der Waals surface area contributed by atoms with Crippen LogP contribution in [0.4, 0.5) is 16.0 Å². The molecule has 1 aliphatic heterocycles. The van der Waals surface area contributed by atoms with Gasteiger partial charge in [-0.15, -0.1) is 0 Å². The lowest BCUT2D eigenvalue weighted by atomic mass is 9.95. The fourth-order valence-electron chi connectivity index (χ4n) is 4.74. The van der Waals surface area contributed by atoms with Crippen molar-refractivity contribution >= 4 is 11.6 Å². The molecule has 32 heavy (non-hydrogen) atoms. The lowest BCUT2D eigenvalue weighted by molar-refractivity contribution is 0.462. The second kappa shape index (κ2) is 9.65. The average molecular weight is 432 g/mol. The van der Waals surface area contributed by atoms with Crippen LogP contribution >= 0.6 is 0 Å². The molecule has 1 aromatic carbocycles. The summed E-state index contributed by atoms with van der Waals surface area (Å²) in [5.41, 5.74) is 3.62. The molecule has 3 aromatic rings. The predicted molar refractivity (Wildman–Crippen MR) is 128 cm³/mol. The van der Waals surface area contributed by atoms with Crippen molar-refractivity contribution in [3.05, 3.63) is 60.5 Å². The van der Waals surface area contributed by atoms with E-state index in [2.05, 4.69) is 38.7 Å². The highest BCUT2D eigenvalue weighted by Crippen LogP contribution is 2.34. The van der Waals surface area contributed by atoms with Gasteiger partial charge in [0.05, 0.1) is 5.69 Å². The Morgan fingerprint density at radius 3 is 2.59 bits per heavy atom. The van der Waals surface area contributed by atoms with Crippen LogP contribution < -0.4 is 15.5 Å². The van der Waals surface area contributed by atoms with Crippen molar-refractivity contribution in [2.45, 2.75) is 38.1 Å². The molecule has 2 fully saturated rings. The summed E-state index contributed by atoms with van der Waals surface area (Å²) in [4.78, 5) is 12.0. The Morgan fingerprint density at radius 1 is 0.938 bits per heavy atom. The number of nitrogens with zero attached hydrogens (tertiary/aromatic N) is 3. The van der Waals surface area contributed by atoms with Crippen molar-refractivity contribution in [1.29, 1.82) is 0 Å². The number of halogens is 1. The number of hydrogen-bond acceptors (Lipinski definition) is 5. The van der Waals surface area contributed by atoms with Gasteiger partial charge in [-0.1, -0.05) is 31.4 Å². The number of pyridine rings is 2. The number of nitrogens with one attached hydrogen (secondary N) is 2. The van der Waals surface area contributed by atoms with Crippen LogP contribution in [0.5, 0.6) is 0 Å². The third-order valence-corrected chi connectivity index (χ3v) is 6.45. The number of rotatable bonds is 5. The molecule has 0 radical (unpaired) electrons. The number of benzene rings is 1. The van der Waals surface area contributed by atoms with Gasteiger partial charge in [0, 0.05) is 49.5 Å². The lowest BCUT2D eigenvalue weighted by Gasteiger charge is -2.29.